The van der Waals surface area contributed by atoms with Gasteiger partial charge in [0, 0.05) is 24.7 Å². The van der Waals surface area contributed by atoms with Gasteiger partial charge < -0.3 is 15.0 Å². The summed E-state index contributed by atoms with van der Waals surface area (Å²) in [5.74, 6) is -0.509. The highest BCUT2D eigenvalue weighted by molar-refractivity contribution is 6.21. The molecule has 8 nitrogen and oxygen atoms in total. The summed E-state index contributed by atoms with van der Waals surface area (Å²) < 4.78 is 5.60. The molecule has 176 valence electrons. The third-order valence-electron chi connectivity index (χ3n) is 6.03. The molecule has 0 atom stereocenters. The highest BCUT2D eigenvalue weighted by Crippen LogP contribution is 2.35. The van der Waals surface area contributed by atoms with Crippen molar-refractivity contribution in [3.05, 3.63) is 89.5 Å². The number of fused-ring (bicyclic) bond motifs is 2. The van der Waals surface area contributed by atoms with E-state index in [0.29, 0.717) is 41.2 Å². The maximum Gasteiger partial charge on any atom is 0.265 e. The number of carbonyl (C=O) groups is 4. The van der Waals surface area contributed by atoms with E-state index in [4.69, 9.17) is 4.74 Å². The Labute approximate surface area is 202 Å². The van der Waals surface area contributed by atoms with Gasteiger partial charge in [-0.05, 0) is 36.2 Å². The van der Waals surface area contributed by atoms with Crippen LogP contribution in [0.3, 0.4) is 0 Å². The number of amides is 4. The Hall–Kier alpha value is -4.46. The van der Waals surface area contributed by atoms with Gasteiger partial charge in [-0.15, -0.1) is 0 Å². The lowest BCUT2D eigenvalue weighted by atomic mass is 10.1. The molecule has 3 aromatic carbocycles. The lowest BCUT2D eigenvalue weighted by Crippen LogP contribution is -2.38. The van der Waals surface area contributed by atoms with Crippen LogP contribution in [0.5, 0.6) is 5.75 Å². The van der Waals surface area contributed by atoms with E-state index in [9.17, 15) is 19.2 Å². The second-order valence-electron chi connectivity index (χ2n) is 8.40. The van der Waals surface area contributed by atoms with Gasteiger partial charge >= 0.3 is 0 Å². The average molecular weight is 469 g/mol. The van der Waals surface area contributed by atoms with E-state index in [1.807, 2.05) is 30.3 Å². The number of hydrogen-bond acceptors (Lipinski definition) is 5. The molecule has 0 spiro atoms. The summed E-state index contributed by atoms with van der Waals surface area (Å²) in [5.41, 5.74) is 2.99. The molecule has 0 unspecified atom stereocenters. The molecular formula is C27H23N3O5. The first kappa shape index (κ1) is 22.3. The van der Waals surface area contributed by atoms with Crippen molar-refractivity contribution >= 4 is 35.0 Å². The van der Waals surface area contributed by atoms with Crippen molar-refractivity contribution in [3.63, 3.8) is 0 Å². The van der Waals surface area contributed by atoms with Crippen LogP contribution in [0.15, 0.2) is 72.8 Å². The highest BCUT2D eigenvalue weighted by Gasteiger charge is 2.34. The maximum absolute atomic E-state index is 12.5. The van der Waals surface area contributed by atoms with E-state index >= 15 is 0 Å². The first-order valence-electron chi connectivity index (χ1n) is 11.4. The first-order valence-corrected chi connectivity index (χ1v) is 11.4. The van der Waals surface area contributed by atoms with E-state index in [2.05, 4.69) is 5.32 Å². The largest absolute Gasteiger partial charge is 0.481 e. The second-order valence-corrected chi connectivity index (χ2v) is 8.40. The predicted molar refractivity (Wildman–Crippen MR) is 129 cm³/mol. The van der Waals surface area contributed by atoms with E-state index < -0.39 is 0 Å². The van der Waals surface area contributed by atoms with Crippen molar-refractivity contribution in [2.75, 3.05) is 23.4 Å². The van der Waals surface area contributed by atoms with Crippen molar-refractivity contribution in [1.29, 1.82) is 0 Å². The minimum atomic E-state index is -0.326. The monoisotopic (exact) mass is 469 g/mol. The Morgan fingerprint density at radius 1 is 0.857 bits per heavy atom. The molecule has 1 N–H and O–H groups in total. The normalized spacial score (nSPS) is 14.5. The lowest BCUT2D eigenvalue weighted by molar-refractivity contribution is -0.121. The molecule has 0 fully saturated rings. The van der Waals surface area contributed by atoms with Gasteiger partial charge in [-0.1, -0.05) is 42.5 Å². The number of anilines is 2. The van der Waals surface area contributed by atoms with Crippen LogP contribution >= 0.6 is 0 Å². The van der Waals surface area contributed by atoms with Crippen LogP contribution < -0.4 is 15.0 Å². The van der Waals surface area contributed by atoms with E-state index in [-0.39, 0.29) is 43.2 Å². The minimum absolute atomic E-state index is 0.0719. The van der Waals surface area contributed by atoms with Gasteiger partial charge in [-0.25, -0.2) is 0 Å². The van der Waals surface area contributed by atoms with Gasteiger partial charge in [0.25, 0.3) is 17.7 Å². The molecule has 5 rings (SSSR count). The lowest BCUT2D eigenvalue weighted by Gasteiger charge is -2.29. The van der Waals surface area contributed by atoms with E-state index in [0.717, 1.165) is 5.56 Å². The number of ether oxygens (including phenoxy) is 1. The molecule has 0 saturated heterocycles. The first-order chi connectivity index (χ1) is 17.0. The van der Waals surface area contributed by atoms with Gasteiger partial charge in [0.2, 0.25) is 5.91 Å². The van der Waals surface area contributed by atoms with Crippen LogP contribution in [0.2, 0.25) is 0 Å². The number of benzene rings is 3. The van der Waals surface area contributed by atoms with Crippen LogP contribution in [0, 0.1) is 0 Å². The average Bonchev–Trinajstić information content (AvgIpc) is 3.11. The van der Waals surface area contributed by atoms with Gasteiger partial charge in [-0.2, -0.15) is 0 Å². The molecule has 0 aromatic heterocycles. The van der Waals surface area contributed by atoms with E-state index in [1.54, 1.807) is 47.4 Å². The van der Waals surface area contributed by atoms with Gasteiger partial charge in [0.1, 0.15) is 5.75 Å². The summed E-state index contributed by atoms with van der Waals surface area (Å²) in [7, 11) is 0. The fourth-order valence-corrected chi connectivity index (χ4v) is 4.29. The summed E-state index contributed by atoms with van der Waals surface area (Å²) >= 11 is 0. The number of rotatable bonds is 7. The Bertz CT molecular complexity index is 1290. The molecule has 2 heterocycles. The second kappa shape index (κ2) is 9.42. The Morgan fingerprint density at radius 3 is 2.26 bits per heavy atom. The Kier molecular flexibility index (Phi) is 6.01. The zero-order valence-corrected chi connectivity index (χ0v) is 18.9. The van der Waals surface area contributed by atoms with Crippen LogP contribution in [0.25, 0.3) is 0 Å². The summed E-state index contributed by atoms with van der Waals surface area (Å²) in [6.45, 7) is 0.528. The Morgan fingerprint density at radius 2 is 1.54 bits per heavy atom. The SMILES string of the molecule is O=C(CCCN1C(=O)c2ccccc2C1=O)Nc1ccc2c(c1)OCC(=O)N2Cc1ccccc1. The van der Waals surface area contributed by atoms with Crippen molar-refractivity contribution in [3.8, 4) is 5.75 Å². The highest BCUT2D eigenvalue weighted by atomic mass is 16.5. The fraction of sp³-hybridized carbons (Fsp3) is 0.185. The third kappa shape index (κ3) is 4.50. The summed E-state index contributed by atoms with van der Waals surface area (Å²) in [4.78, 5) is 52.7. The molecule has 4 amide bonds. The summed E-state index contributed by atoms with van der Waals surface area (Å²) in [5, 5.41) is 2.82. The number of carbonyl (C=O) groups excluding carboxylic acids is 4. The van der Waals surface area contributed by atoms with Crippen molar-refractivity contribution in [1.82, 2.24) is 4.90 Å². The van der Waals surface area contributed by atoms with Crippen LogP contribution in [-0.2, 0) is 16.1 Å². The molecule has 8 heteroatoms. The molecular weight excluding hydrogens is 446 g/mol. The molecule has 0 saturated carbocycles. The summed E-state index contributed by atoms with van der Waals surface area (Å²) in [6.07, 6.45) is 0.488. The predicted octanol–water partition coefficient (Wildman–Crippen LogP) is 3.63. The maximum atomic E-state index is 12.5. The summed E-state index contributed by atoms with van der Waals surface area (Å²) in [6, 6.07) is 21.6. The molecule has 2 aliphatic heterocycles. The minimum Gasteiger partial charge on any atom is -0.481 e. The smallest absolute Gasteiger partial charge is 0.265 e. The van der Waals surface area contributed by atoms with Crippen molar-refractivity contribution in [2.45, 2.75) is 19.4 Å². The molecule has 3 aromatic rings. The van der Waals surface area contributed by atoms with Crippen LogP contribution in [-0.4, -0.2) is 41.7 Å². The Balaban J connectivity index is 1.18. The third-order valence-corrected chi connectivity index (χ3v) is 6.03. The standard InChI is InChI=1S/C27H23N3O5/c31-24(11-6-14-29-26(33)20-9-4-5-10-21(20)27(29)34)28-19-12-13-22-23(15-19)35-17-25(32)30(22)16-18-7-2-1-3-8-18/h1-5,7-10,12-13,15H,6,11,14,16-17H2,(H,28,31). The number of hydrogen-bond donors (Lipinski definition) is 1. The van der Waals surface area contributed by atoms with Crippen LogP contribution in [0.4, 0.5) is 11.4 Å². The molecule has 0 bridgehead atoms. The quantitative estimate of drug-likeness (QED) is 0.533. The van der Waals surface area contributed by atoms with Gasteiger partial charge in [0.05, 0.1) is 23.4 Å². The van der Waals surface area contributed by atoms with Gasteiger partial charge in [-0.3, -0.25) is 24.1 Å². The van der Waals surface area contributed by atoms with Gasteiger partial charge in [0.15, 0.2) is 6.61 Å². The molecule has 35 heavy (non-hydrogen) atoms. The number of imide groups is 1. The molecule has 2 aliphatic rings. The number of nitrogens with zero attached hydrogens (tertiary/aromatic N) is 2. The zero-order chi connectivity index (χ0) is 24.4. The topological polar surface area (TPSA) is 96.0 Å². The number of nitrogens with one attached hydrogen (secondary N) is 1. The van der Waals surface area contributed by atoms with Crippen molar-refractivity contribution < 1.29 is 23.9 Å². The molecule has 0 radical (unpaired) electrons. The van der Waals surface area contributed by atoms with Crippen molar-refractivity contribution in [2.24, 2.45) is 0 Å². The van der Waals surface area contributed by atoms with Crippen LogP contribution in [0.1, 0.15) is 39.1 Å². The molecule has 0 aliphatic carbocycles. The fourth-order valence-electron chi connectivity index (χ4n) is 4.29. The van der Waals surface area contributed by atoms with E-state index in [1.165, 1.54) is 4.90 Å². The zero-order valence-electron chi connectivity index (χ0n) is 18.9.